The molecule has 2 aliphatic rings. The molecule has 4 heteroatoms. The molecule has 0 unspecified atom stereocenters. The molecular formula is C15H22N2O2. The van der Waals surface area contributed by atoms with Gasteiger partial charge in [-0.05, 0) is 37.5 Å². The zero-order valence-corrected chi connectivity index (χ0v) is 11.5. The molecule has 0 aromatic carbocycles. The maximum Gasteiger partial charge on any atom is 0.100 e. The quantitative estimate of drug-likeness (QED) is 0.829. The van der Waals surface area contributed by atoms with E-state index in [4.69, 9.17) is 9.47 Å². The third-order valence-corrected chi connectivity index (χ3v) is 4.10. The highest BCUT2D eigenvalue weighted by Gasteiger charge is 2.44. The van der Waals surface area contributed by atoms with Crippen LogP contribution in [0.2, 0.25) is 0 Å². The minimum Gasteiger partial charge on any atom is -0.374 e. The van der Waals surface area contributed by atoms with Gasteiger partial charge in [-0.1, -0.05) is 0 Å². The SMILES string of the molecule is CCO[C@@H]1CN(Cc2ccncc2)[C@H]2CCCO[C@@H]12. The highest BCUT2D eigenvalue weighted by atomic mass is 16.5. The predicted octanol–water partition coefficient (Wildman–Crippen LogP) is 1.85. The molecule has 0 amide bonds. The van der Waals surface area contributed by atoms with Crippen molar-refractivity contribution in [2.24, 2.45) is 0 Å². The van der Waals surface area contributed by atoms with Gasteiger partial charge in [-0.25, -0.2) is 0 Å². The normalized spacial score (nSPS) is 31.3. The highest BCUT2D eigenvalue weighted by Crippen LogP contribution is 2.31. The van der Waals surface area contributed by atoms with Crippen molar-refractivity contribution in [1.29, 1.82) is 0 Å². The van der Waals surface area contributed by atoms with Crippen molar-refractivity contribution < 1.29 is 9.47 Å². The van der Waals surface area contributed by atoms with E-state index < -0.39 is 0 Å². The van der Waals surface area contributed by atoms with E-state index in [-0.39, 0.29) is 12.2 Å². The highest BCUT2D eigenvalue weighted by molar-refractivity contribution is 5.11. The second-order valence-corrected chi connectivity index (χ2v) is 5.32. The molecule has 3 rings (SSSR count). The molecule has 3 heterocycles. The van der Waals surface area contributed by atoms with Gasteiger partial charge in [0.05, 0.1) is 6.10 Å². The van der Waals surface area contributed by atoms with Crippen LogP contribution in [0.5, 0.6) is 0 Å². The van der Waals surface area contributed by atoms with Gasteiger partial charge in [0.1, 0.15) is 6.10 Å². The molecule has 19 heavy (non-hydrogen) atoms. The van der Waals surface area contributed by atoms with Crippen LogP contribution in [0, 0.1) is 0 Å². The van der Waals surface area contributed by atoms with E-state index in [1.54, 1.807) is 0 Å². The molecule has 0 bridgehead atoms. The lowest BCUT2D eigenvalue weighted by atomic mass is 10.0. The number of hydrogen-bond donors (Lipinski definition) is 0. The molecule has 0 saturated carbocycles. The Kier molecular flexibility index (Phi) is 4.11. The summed E-state index contributed by atoms with van der Waals surface area (Å²) in [5.74, 6) is 0. The number of hydrogen-bond acceptors (Lipinski definition) is 4. The average Bonchev–Trinajstić information content (AvgIpc) is 2.79. The molecule has 4 nitrogen and oxygen atoms in total. The van der Waals surface area contributed by atoms with Gasteiger partial charge in [0.2, 0.25) is 0 Å². The van der Waals surface area contributed by atoms with Crippen LogP contribution in [0.3, 0.4) is 0 Å². The lowest BCUT2D eigenvalue weighted by Crippen LogP contribution is -2.41. The Labute approximate surface area is 114 Å². The number of nitrogens with zero attached hydrogens (tertiary/aromatic N) is 2. The van der Waals surface area contributed by atoms with Crippen LogP contribution < -0.4 is 0 Å². The molecule has 3 atom stereocenters. The van der Waals surface area contributed by atoms with Gasteiger partial charge in [-0.2, -0.15) is 0 Å². The lowest BCUT2D eigenvalue weighted by Gasteiger charge is -2.32. The van der Waals surface area contributed by atoms with Gasteiger partial charge in [-0.15, -0.1) is 0 Å². The third kappa shape index (κ3) is 2.81. The summed E-state index contributed by atoms with van der Waals surface area (Å²) in [4.78, 5) is 6.59. The van der Waals surface area contributed by atoms with E-state index in [2.05, 4.69) is 28.9 Å². The Balaban J connectivity index is 1.70. The van der Waals surface area contributed by atoms with Gasteiger partial charge in [0.15, 0.2) is 0 Å². The van der Waals surface area contributed by atoms with E-state index in [1.807, 2.05) is 12.4 Å². The first-order valence-corrected chi connectivity index (χ1v) is 7.24. The fourth-order valence-corrected chi connectivity index (χ4v) is 3.27. The summed E-state index contributed by atoms with van der Waals surface area (Å²) in [5.41, 5.74) is 1.32. The fraction of sp³-hybridized carbons (Fsp3) is 0.667. The van der Waals surface area contributed by atoms with Crippen LogP contribution >= 0.6 is 0 Å². The van der Waals surface area contributed by atoms with Gasteiger partial charge in [0, 0.05) is 44.7 Å². The van der Waals surface area contributed by atoms with E-state index in [1.165, 1.54) is 12.0 Å². The standard InChI is InChI=1S/C15H22N2O2/c1-2-18-14-11-17(10-12-5-7-16-8-6-12)13-4-3-9-19-15(13)14/h5-8,13-15H,2-4,9-11H2,1H3/t13-,14+,15+/m0/s1. The molecule has 2 aliphatic heterocycles. The van der Waals surface area contributed by atoms with E-state index in [0.29, 0.717) is 6.04 Å². The minimum absolute atomic E-state index is 0.233. The predicted molar refractivity (Wildman–Crippen MR) is 72.8 cm³/mol. The molecule has 1 aromatic rings. The van der Waals surface area contributed by atoms with Crippen LogP contribution in [-0.2, 0) is 16.0 Å². The number of pyridine rings is 1. The van der Waals surface area contributed by atoms with Crippen LogP contribution in [0.15, 0.2) is 24.5 Å². The van der Waals surface area contributed by atoms with Gasteiger partial charge in [0.25, 0.3) is 0 Å². The van der Waals surface area contributed by atoms with Crippen LogP contribution in [-0.4, -0.2) is 47.9 Å². The molecule has 2 fully saturated rings. The second kappa shape index (κ2) is 5.99. The summed E-state index contributed by atoms with van der Waals surface area (Å²) in [6.45, 7) is 5.65. The van der Waals surface area contributed by atoms with E-state index in [0.717, 1.165) is 32.7 Å². The monoisotopic (exact) mass is 262 g/mol. The van der Waals surface area contributed by atoms with Gasteiger partial charge < -0.3 is 9.47 Å². The van der Waals surface area contributed by atoms with E-state index in [9.17, 15) is 0 Å². The molecule has 0 radical (unpaired) electrons. The first-order valence-electron chi connectivity index (χ1n) is 7.24. The third-order valence-electron chi connectivity index (χ3n) is 4.10. The van der Waals surface area contributed by atoms with Crippen molar-refractivity contribution in [2.75, 3.05) is 19.8 Å². The van der Waals surface area contributed by atoms with Crippen molar-refractivity contribution in [1.82, 2.24) is 9.88 Å². The summed E-state index contributed by atoms with van der Waals surface area (Å²) in [6, 6.07) is 4.69. The minimum atomic E-state index is 0.233. The summed E-state index contributed by atoms with van der Waals surface area (Å²) >= 11 is 0. The first kappa shape index (κ1) is 13.0. The average molecular weight is 262 g/mol. The Morgan fingerprint density at radius 3 is 3.05 bits per heavy atom. The Morgan fingerprint density at radius 2 is 2.26 bits per heavy atom. The van der Waals surface area contributed by atoms with Crippen molar-refractivity contribution in [3.05, 3.63) is 30.1 Å². The lowest BCUT2D eigenvalue weighted by molar-refractivity contribution is -0.0749. The molecular weight excluding hydrogens is 240 g/mol. The number of likely N-dealkylation sites (tertiary alicyclic amines) is 1. The van der Waals surface area contributed by atoms with Crippen molar-refractivity contribution in [2.45, 2.75) is 44.6 Å². The number of rotatable bonds is 4. The number of fused-ring (bicyclic) bond motifs is 1. The molecule has 0 N–H and O–H groups in total. The fourth-order valence-electron chi connectivity index (χ4n) is 3.27. The van der Waals surface area contributed by atoms with Crippen LogP contribution in [0.4, 0.5) is 0 Å². The van der Waals surface area contributed by atoms with Gasteiger partial charge in [-0.3, -0.25) is 9.88 Å². The maximum atomic E-state index is 5.96. The van der Waals surface area contributed by atoms with Crippen molar-refractivity contribution in [3.8, 4) is 0 Å². The Bertz CT molecular complexity index is 398. The molecule has 104 valence electrons. The molecule has 2 saturated heterocycles. The molecule has 0 spiro atoms. The zero-order valence-electron chi connectivity index (χ0n) is 11.5. The zero-order chi connectivity index (χ0) is 13.1. The van der Waals surface area contributed by atoms with Crippen LogP contribution in [0.1, 0.15) is 25.3 Å². The summed E-state index contributed by atoms with van der Waals surface area (Å²) in [7, 11) is 0. The number of ether oxygens (including phenoxy) is 2. The number of aromatic nitrogens is 1. The van der Waals surface area contributed by atoms with E-state index >= 15 is 0 Å². The Morgan fingerprint density at radius 1 is 1.42 bits per heavy atom. The van der Waals surface area contributed by atoms with Crippen LogP contribution in [0.25, 0.3) is 0 Å². The maximum absolute atomic E-state index is 5.96. The summed E-state index contributed by atoms with van der Waals surface area (Å²) in [5, 5.41) is 0. The molecule has 0 aliphatic carbocycles. The van der Waals surface area contributed by atoms with Gasteiger partial charge >= 0.3 is 0 Å². The second-order valence-electron chi connectivity index (χ2n) is 5.32. The van der Waals surface area contributed by atoms with Crippen molar-refractivity contribution in [3.63, 3.8) is 0 Å². The molecule has 1 aromatic heterocycles. The first-order chi connectivity index (χ1) is 9.38. The summed E-state index contributed by atoms with van der Waals surface area (Å²) in [6.07, 6.45) is 6.60. The largest absolute Gasteiger partial charge is 0.374 e. The topological polar surface area (TPSA) is 34.6 Å². The van der Waals surface area contributed by atoms with Crippen molar-refractivity contribution >= 4 is 0 Å². The summed E-state index contributed by atoms with van der Waals surface area (Å²) < 4.78 is 11.8. The Hall–Kier alpha value is -0.970. The smallest absolute Gasteiger partial charge is 0.100 e.